The quantitative estimate of drug-likeness (QED) is 0.666. The molecule has 1 fully saturated rings. The molecule has 1 aliphatic rings. The molecular formula is C11H18N2O6. The molecule has 1 N–H and O–H groups in total. The van der Waals surface area contributed by atoms with Gasteiger partial charge in [0.1, 0.15) is 6.04 Å². The van der Waals surface area contributed by atoms with Gasteiger partial charge in [-0.05, 0) is 6.92 Å². The number of carbonyl (C=O) groups is 3. The maximum Gasteiger partial charge on any atom is 0.413 e. The van der Waals surface area contributed by atoms with Crippen LogP contribution in [-0.4, -0.2) is 68.9 Å². The molecule has 0 aromatic heterocycles. The number of esters is 1. The summed E-state index contributed by atoms with van der Waals surface area (Å²) in [6, 6.07) is -0.633. The summed E-state index contributed by atoms with van der Waals surface area (Å²) in [4.78, 5) is 35.8. The summed E-state index contributed by atoms with van der Waals surface area (Å²) in [6.07, 6.45) is -0.796. The molecule has 0 aliphatic carbocycles. The van der Waals surface area contributed by atoms with Crippen LogP contribution >= 0.6 is 0 Å². The van der Waals surface area contributed by atoms with Crippen molar-refractivity contribution in [3.8, 4) is 0 Å². The number of amides is 2. The fourth-order valence-electron chi connectivity index (χ4n) is 1.69. The third-order valence-electron chi connectivity index (χ3n) is 2.58. The average Bonchev–Trinajstić information content (AvgIpc) is 2.38. The van der Waals surface area contributed by atoms with Crippen molar-refractivity contribution < 1.29 is 28.6 Å². The second-order valence-corrected chi connectivity index (χ2v) is 3.85. The Morgan fingerprint density at radius 2 is 2.16 bits per heavy atom. The van der Waals surface area contributed by atoms with E-state index >= 15 is 0 Å². The van der Waals surface area contributed by atoms with Crippen LogP contribution in [0.25, 0.3) is 0 Å². The molecule has 1 saturated heterocycles. The first-order valence-corrected chi connectivity index (χ1v) is 5.94. The number of hydrogen-bond acceptors (Lipinski definition) is 7. The molecule has 8 heteroatoms. The highest BCUT2D eigenvalue weighted by Crippen LogP contribution is 2.07. The zero-order valence-corrected chi connectivity index (χ0v) is 11.0. The van der Waals surface area contributed by atoms with Crippen molar-refractivity contribution in [3.05, 3.63) is 0 Å². The van der Waals surface area contributed by atoms with Gasteiger partial charge in [-0.1, -0.05) is 0 Å². The monoisotopic (exact) mass is 274 g/mol. The molecule has 0 aromatic rings. The van der Waals surface area contributed by atoms with Crippen molar-refractivity contribution in [3.63, 3.8) is 0 Å². The topological polar surface area (TPSA) is 94.2 Å². The van der Waals surface area contributed by atoms with Crippen LogP contribution in [0, 0.1) is 0 Å². The number of hydrogen-bond donors (Lipinski definition) is 1. The van der Waals surface area contributed by atoms with E-state index in [9.17, 15) is 14.4 Å². The van der Waals surface area contributed by atoms with Crippen LogP contribution in [0.3, 0.4) is 0 Å². The number of nitrogens with one attached hydrogen (secondary N) is 1. The van der Waals surface area contributed by atoms with Gasteiger partial charge >= 0.3 is 12.1 Å². The van der Waals surface area contributed by atoms with Crippen molar-refractivity contribution in [1.82, 2.24) is 10.2 Å². The molecule has 0 saturated carbocycles. The van der Waals surface area contributed by atoms with Crippen LogP contribution in [0.5, 0.6) is 0 Å². The van der Waals surface area contributed by atoms with Crippen molar-refractivity contribution in [2.75, 3.05) is 40.0 Å². The van der Waals surface area contributed by atoms with E-state index in [2.05, 4.69) is 14.8 Å². The number of ether oxygens (including phenoxy) is 3. The van der Waals surface area contributed by atoms with Gasteiger partial charge in [0.2, 0.25) is 5.91 Å². The second-order valence-electron chi connectivity index (χ2n) is 3.85. The van der Waals surface area contributed by atoms with Gasteiger partial charge in [0.05, 0.1) is 33.5 Å². The minimum absolute atomic E-state index is 0.0953. The minimum atomic E-state index is -0.796. The SMILES string of the molecule is CCOC(=O)NC(=O)CN1CCOCC1C(=O)OC. The summed E-state index contributed by atoms with van der Waals surface area (Å²) in [5.74, 6) is -1.00. The van der Waals surface area contributed by atoms with Gasteiger partial charge in [-0.15, -0.1) is 0 Å². The zero-order valence-electron chi connectivity index (χ0n) is 11.0. The van der Waals surface area contributed by atoms with E-state index in [4.69, 9.17) is 4.74 Å². The Morgan fingerprint density at radius 1 is 1.42 bits per heavy atom. The van der Waals surface area contributed by atoms with E-state index < -0.39 is 24.0 Å². The van der Waals surface area contributed by atoms with Gasteiger partial charge in [0, 0.05) is 6.54 Å². The van der Waals surface area contributed by atoms with Crippen LogP contribution in [-0.2, 0) is 23.8 Å². The number of carbonyl (C=O) groups excluding carboxylic acids is 3. The maximum absolute atomic E-state index is 11.6. The van der Waals surface area contributed by atoms with Crippen molar-refractivity contribution in [2.24, 2.45) is 0 Å². The standard InChI is InChI=1S/C11H18N2O6/c1-3-19-11(16)12-9(14)6-13-4-5-18-7-8(13)10(15)17-2/h8H,3-7H2,1-2H3,(H,12,14,16). The Balaban J connectivity index is 2.50. The highest BCUT2D eigenvalue weighted by atomic mass is 16.5. The number of imide groups is 1. The molecule has 0 bridgehead atoms. The van der Waals surface area contributed by atoms with Gasteiger partial charge in [0.15, 0.2) is 0 Å². The average molecular weight is 274 g/mol. The number of alkyl carbamates (subject to hydrolysis) is 1. The Morgan fingerprint density at radius 3 is 2.79 bits per heavy atom. The number of morpholine rings is 1. The molecule has 0 aromatic carbocycles. The van der Waals surface area contributed by atoms with Crippen LogP contribution in [0.2, 0.25) is 0 Å². The minimum Gasteiger partial charge on any atom is -0.468 e. The first kappa shape index (κ1) is 15.4. The summed E-state index contributed by atoms with van der Waals surface area (Å²) >= 11 is 0. The summed E-state index contributed by atoms with van der Waals surface area (Å²) in [7, 11) is 1.27. The predicted octanol–water partition coefficient (Wildman–Crippen LogP) is -0.867. The molecule has 1 rings (SSSR count). The molecule has 1 aliphatic heterocycles. The molecule has 1 unspecified atom stereocenters. The molecule has 19 heavy (non-hydrogen) atoms. The molecule has 2 amide bonds. The highest BCUT2D eigenvalue weighted by molar-refractivity contribution is 5.93. The summed E-state index contributed by atoms with van der Waals surface area (Å²) in [5.41, 5.74) is 0. The fraction of sp³-hybridized carbons (Fsp3) is 0.727. The summed E-state index contributed by atoms with van der Waals surface area (Å²) in [6.45, 7) is 2.72. The zero-order chi connectivity index (χ0) is 14.3. The largest absolute Gasteiger partial charge is 0.468 e. The van der Waals surface area contributed by atoms with E-state index in [1.165, 1.54) is 7.11 Å². The molecule has 0 spiro atoms. The lowest BCUT2D eigenvalue weighted by molar-refractivity contribution is -0.153. The Hall–Kier alpha value is -1.67. The first-order chi connectivity index (χ1) is 9.08. The van der Waals surface area contributed by atoms with Gasteiger partial charge < -0.3 is 14.2 Å². The third kappa shape index (κ3) is 4.84. The molecule has 1 heterocycles. The van der Waals surface area contributed by atoms with Crippen molar-refractivity contribution in [2.45, 2.75) is 13.0 Å². The Kier molecular flexibility index (Phi) is 6.23. The van der Waals surface area contributed by atoms with E-state index in [0.717, 1.165) is 0 Å². The fourth-order valence-corrected chi connectivity index (χ4v) is 1.69. The molecule has 8 nitrogen and oxygen atoms in total. The summed E-state index contributed by atoms with van der Waals surface area (Å²) in [5, 5.41) is 2.07. The van der Waals surface area contributed by atoms with Crippen LogP contribution in [0.4, 0.5) is 4.79 Å². The molecule has 0 radical (unpaired) electrons. The molecule has 108 valence electrons. The van der Waals surface area contributed by atoms with Crippen LogP contribution in [0.1, 0.15) is 6.92 Å². The Bertz CT molecular complexity index is 346. The highest BCUT2D eigenvalue weighted by Gasteiger charge is 2.31. The number of methoxy groups -OCH3 is 1. The lowest BCUT2D eigenvalue weighted by Crippen LogP contribution is -2.53. The van der Waals surface area contributed by atoms with Gasteiger partial charge in [0.25, 0.3) is 0 Å². The number of nitrogens with zero attached hydrogens (tertiary/aromatic N) is 1. The number of rotatable bonds is 4. The predicted molar refractivity (Wildman–Crippen MR) is 63.4 cm³/mol. The van der Waals surface area contributed by atoms with Crippen molar-refractivity contribution in [1.29, 1.82) is 0 Å². The smallest absolute Gasteiger partial charge is 0.413 e. The van der Waals surface area contributed by atoms with E-state index in [-0.39, 0.29) is 19.8 Å². The van der Waals surface area contributed by atoms with Gasteiger partial charge in [-0.25, -0.2) is 4.79 Å². The lowest BCUT2D eigenvalue weighted by atomic mass is 10.2. The van der Waals surface area contributed by atoms with Crippen LogP contribution < -0.4 is 5.32 Å². The molecule has 1 atom stereocenters. The third-order valence-corrected chi connectivity index (χ3v) is 2.58. The van der Waals surface area contributed by atoms with E-state index in [1.807, 2.05) is 0 Å². The van der Waals surface area contributed by atoms with Gasteiger partial charge in [-0.2, -0.15) is 0 Å². The lowest BCUT2D eigenvalue weighted by Gasteiger charge is -2.32. The van der Waals surface area contributed by atoms with E-state index in [0.29, 0.717) is 13.2 Å². The van der Waals surface area contributed by atoms with Crippen molar-refractivity contribution >= 4 is 18.0 Å². The van der Waals surface area contributed by atoms with E-state index in [1.54, 1.807) is 11.8 Å². The molecular weight excluding hydrogens is 256 g/mol. The second kappa shape index (κ2) is 7.70. The van der Waals surface area contributed by atoms with Crippen LogP contribution in [0.15, 0.2) is 0 Å². The van der Waals surface area contributed by atoms with Gasteiger partial charge in [-0.3, -0.25) is 19.8 Å². The summed E-state index contributed by atoms with van der Waals surface area (Å²) < 4.78 is 14.4. The first-order valence-electron chi connectivity index (χ1n) is 5.94. The normalized spacial score (nSPS) is 19.6. The Labute approximate surface area is 111 Å². The maximum atomic E-state index is 11.6.